The molecule has 6 aromatic rings. The Labute approximate surface area is 315 Å². The van der Waals surface area contributed by atoms with Gasteiger partial charge >= 0.3 is 0 Å². The zero-order valence-corrected chi connectivity index (χ0v) is 32.0. The van der Waals surface area contributed by atoms with Crippen LogP contribution in [0.5, 0.6) is 23.0 Å². The molecule has 0 amide bonds. The van der Waals surface area contributed by atoms with Crippen molar-refractivity contribution in [2.75, 3.05) is 11.5 Å². The number of hydrogen-bond acceptors (Lipinski definition) is 4. The van der Waals surface area contributed by atoms with Gasteiger partial charge < -0.3 is 20.9 Å². The smallest absolute Gasteiger partial charge is 0.131 e. The summed E-state index contributed by atoms with van der Waals surface area (Å²) in [4.78, 5) is 0. The lowest BCUT2D eigenvalue weighted by molar-refractivity contribution is 0.465. The number of benzene rings is 6. The van der Waals surface area contributed by atoms with Crippen molar-refractivity contribution in [2.24, 2.45) is 0 Å². The van der Waals surface area contributed by atoms with Crippen LogP contribution in [0.2, 0.25) is 0 Å². The maximum absolute atomic E-state index is 6.78. The Balaban J connectivity index is 1.43. The zero-order valence-electron chi connectivity index (χ0n) is 32.0. The van der Waals surface area contributed by atoms with Crippen LogP contribution in [0.1, 0.15) is 111 Å². The fourth-order valence-corrected chi connectivity index (χ4v) is 8.24. The van der Waals surface area contributed by atoms with E-state index in [0.717, 1.165) is 71.2 Å². The number of rotatable bonds is 12. The summed E-state index contributed by atoms with van der Waals surface area (Å²) in [7, 11) is 0. The Kier molecular flexibility index (Phi) is 10.1. The van der Waals surface area contributed by atoms with E-state index in [1.165, 1.54) is 44.5 Å². The summed E-state index contributed by atoms with van der Waals surface area (Å²) >= 11 is 0. The molecule has 0 radical (unpaired) electrons. The molecular formula is C49H52N2O2. The Bertz CT molecular complexity index is 2110. The van der Waals surface area contributed by atoms with Gasteiger partial charge in [0.25, 0.3) is 0 Å². The predicted molar refractivity (Wildman–Crippen MR) is 222 cm³/mol. The van der Waals surface area contributed by atoms with Crippen molar-refractivity contribution in [3.8, 4) is 34.1 Å². The molecule has 0 spiro atoms. The Morgan fingerprint density at radius 1 is 0.491 bits per heavy atom. The average Bonchev–Trinajstić information content (AvgIpc) is 3.45. The molecule has 0 aliphatic heterocycles. The van der Waals surface area contributed by atoms with Gasteiger partial charge in [-0.05, 0) is 129 Å². The van der Waals surface area contributed by atoms with Crippen LogP contribution >= 0.6 is 0 Å². The maximum Gasteiger partial charge on any atom is 0.131 e. The standard InChI is InChI=1S/C49H52N2O2/c1-7-13-33-27-35(19-23-45(33)52-47-25-21-37(50)29-41(47)31(3)4)49(43-17-11-9-15-39(43)40-16-10-12-18-44(40)49)36-20-24-46(34(28-36)14-8-2)53-48-26-22-38(51)30-42(48)32(5)6/h9-12,15-32H,7-8,13-14,50-51H2,1-6H3. The van der Waals surface area contributed by atoms with E-state index < -0.39 is 5.41 Å². The van der Waals surface area contributed by atoms with Crippen LogP contribution in [0.25, 0.3) is 11.1 Å². The van der Waals surface area contributed by atoms with Crippen molar-refractivity contribution < 1.29 is 9.47 Å². The highest BCUT2D eigenvalue weighted by Gasteiger charge is 2.46. The average molecular weight is 701 g/mol. The molecule has 0 heterocycles. The first-order valence-electron chi connectivity index (χ1n) is 19.3. The fraction of sp³-hybridized carbons (Fsp3) is 0.265. The number of hydrogen-bond donors (Lipinski definition) is 2. The van der Waals surface area contributed by atoms with Gasteiger partial charge in [-0.3, -0.25) is 0 Å². The van der Waals surface area contributed by atoms with Gasteiger partial charge in [0.15, 0.2) is 0 Å². The van der Waals surface area contributed by atoms with Gasteiger partial charge in [0, 0.05) is 11.4 Å². The van der Waals surface area contributed by atoms with E-state index in [1.807, 2.05) is 36.4 Å². The highest BCUT2D eigenvalue weighted by molar-refractivity contribution is 5.86. The molecule has 0 saturated carbocycles. The van der Waals surface area contributed by atoms with Crippen molar-refractivity contribution in [3.05, 3.63) is 166 Å². The number of nitrogen functional groups attached to an aromatic ring is 2. The topological polar surface area (TPSA) is 70.5 Å². The SMILES string of the molecule is CCCc1cc(C2(c3ccc(Oc4ccc(N)cc4C(C)C)c(CCC)c3)c3ccccc3-c3ccccc32)ccc1Oc1ccc(N)cc1C(C)C. The van der Waals surface area contributed by atoms with Gasteiger partial charge in [0.05, 0.1) is 5.41 Å². The molecule has 0 atom stereocenters. The van der Waals surface area contributed by atoms with Crippen LogP contribution in [0, 0.1) is 0 Å². The van der Waals surface area contributed by atoms with Gasteiger partial charge in [-0.25, -0.2) is 0 Å². The molecule has 0 bridgehead atoms. The largest absolute Gasteiger partial charge is 0.457 e. The minimum absolute atomic E-state index is 0.276. The third kappa shape index (κ3) is 6.56. The minimum atomic E-state index is -0.552. The molecule has 1 aliphatic rings. The molecule has 1 aliphatic carbocycles. The van der Waals surface area contributed by atoms with Crippen molar-refractivity contribution in [1.82, 2.24) is 0 Å². The van der Waals surface area contributed by atoms with Crippen molar-refractivity contribution in [2.45, 2.75) is 84.5 Å². The monoisotopic (exact) mass is 700 g/mol. The molecule has 7 rings (SSSR count). The van der Waals surface area contributed by atoms with Crippen LogP contribution in [0.15, 0.2) is 121 Å². The van der Waals surface area contributed by atoms with Gasteiger partial charge in [-0.2, -0.15) is 0 Å². The van der Waals surface area contributed by atoms with Gasteiger partial charge in [0.1, 0.15) is 23.0 Å². The number of nitrogens with two attached hydrogens (primary N) is 2. The second-order valence-corrected chi connectivity index (χ2v) is 15.1. The molecule has 6 aromatic carbocycles. The lowest BCUT2D eigenvalue weighted by Crippen LogP contribution is -2.29. The quantitative estimate of drug-likeness (QED) is 0.124. The van der Waals surface area contributed by atoms with Crippen LogP contribution in [-0.2, 0) is 18.3 Å². The molecule has 4 nitrogen and oxygen atoms in total. The van der Waals surface area contributed by atoms with E-state index >= 15 is 0 Å². The first kappa shape index (κ1) is 35.9. The number of anilines is 2. The molecule has 4 heteroatoms. The molecule has 0 unspecified atom stereocenters. The van der Waals surface area contributed by atoms with Crippen LogP contribution in [-0.4, -0.2) is 0 Å². The minimum Gasteiger partial charge on any atom is -0.457 e. The zero-order chi connectivity index (χ0) is 37.3. The second-order valence-electron chi connectivity index (χ2n) is 15.1. The molecule has 270 valence electrons. The van der Waals surface area contributed by atoms with Gasteiger partial charge in [-0.15, -0.1) is 0 Å². The second kappa shape index (κ2) is 14.9. The van der Waals surface area contributed by atoms with E-state index in [4.69, 9.17) is 20.9 Å². The summed E-state index contributed by atoms with van der Waals surface area (Å²) < 4.78 is 13.6. The van der Waals surface area contributed by atoms with Gasteiger partial charge in [0.2, 0.25) is 0 Å². The van der Waals surface area contributed by atoms with E-state index in [1.54, 1.807) is 0 Å². The van der Waals surface area contributed by atoms with E-state index in [2.05, 4.69) is 126 Å². The molecule has 4 N–H and O–H groups in total. The first-order valence-corrected chi connectivity index (χ1v) is 19.3. The van der Waals surface area contributed by atoms with E-state index in [9.17, 15) is 0 Å². The Morgan fingerprint density at radius 3 is 1.28 bits per heavy atom. The summed E-state index contributed by atoms with van der Waals surface area (Å²) in [5, 5.41) is 0. The van der Waals surface area contributed by atoms with E-state index in [-0.39, 0.29) is 11.8 Å². The van der Waals surface area contributed by atoms with Crippen molar-refractivity contribution in [1.29, 1.82) is 0 Å². The predicted octanol–water partition coefficient (Wildman–Crippen LogP) is 13.0. The summed E-state index contributed by atoms with van der Waals surface area (Å²) in [6.07, 6.45) is 3.77. The normalized spacial score (nSPS) is 12.9. The molecule has 0 saturated heterocycles. The van der Waals surface area contributed by atoms with Crippen molar-refractivity contribution >= 4 is 11.4 Å². The summed E-state index contributed by atoms with van der Waals surface area (Å²) in [6, 6.07) is 43.5. The first-order chi connectivity index (χ1) is 25.6. The van der Waals surface area contributed by atoms with E-state index in [0.29, 0.717) is 0 Å². The molecule has 0 fully saturated rings. The van der Waals surface area contributed by atoms with Crippen LogP contribution < -0.4 is 20.9 Å². The Morgan fingerprint density at radius 2 is 0.887 bits per heavy atom. The number of fused-ring (bicyclic) bond motifs is 3. The molecule has 53 heavy (non-hydrogen) atoms. The molecule has 0 aromatic heterocycles. The van der Waals surface area contributed by atoms with Crippen LogP contribution in [0.3, 0.4) is 0 Å². The van der Waals surface area contributed by atoms with Crippen LogP contribution in [0.4, 0.5) is 11.4 Å². The lowest BCUT2D eigenvalue weighted by atomic mass is 9.67. The highest BCUT2D eigenvalue weighted by atomic mass is 16.5. The maximum atomic E-state index is 6.78. The third-order valence-electron chi connectivity index (χ3n) is 10.7. The summed E-state index contributed by atoms with van der Waals surface area (Å²) in [5.74, 6) is 4.03. The summed E-state index contributed by atoms with van der Waals surface area (Å²) in [6.45, 7) is 13.2. The lowest BCUT2D eigenvalue weighted by Gasteiger charge is -2.35. The fourth-order valence-electron chi connectivity index (χ4n) is 8.24. The van der Waals surface area contributed by atoms with Gasteiger partial charge in [-0.1, -0.05) is 127 Å². The third-order valence-corrected chi connectivity index (χ3v) is 10.7. The number of aryl methyl sites for hydroxylation is 2. The number of ether oxygens (including phenoxy) is 2. The Hall–Kier alpha value is -5.48. The summed E-state index contributed by atoms with van der Waals surface area (Å²) in [5.41, 5.74) is 25.5. The van der Waals surface area contributed by atoms with Crippen molar-refractivity contribution in [3.63, 3.8) is 0 Å². The molecular weight excluding hydrogens is 649 g/mol. The highest BCUT2D eigenvalue weighted by Crippen LogP contribution is 2.57.